The molecule has 3 aliphatic rings. The molecule has 2 saturated heterocycles. The first kappa shape index (κ1) is 14.6. The number of likely N-dealkylation sites (tertiary alicyclic amines) is 1. The normalized spacial score (nSPS) is 38.0. The second-order valence-electron chi connectivity index (χ2n) is 6.29. The predicted molar refractivity (Wildman–Crippen MR) is 76.4 cm³/mol. The van der Waals surface area contributed by atoms with E-state index in [0.717, 1.165) is 12.8 Å². The van der Waals surface area contributed by atoms with Crippen molar-refractivity contribution in [1.29, 1.82) is 0 Å². The van der Waals surface area contributed by atoms with E-state index in [-0.39, 0.29) is 24.0 Å². The Morgan fingerprint density at radius 3 is 3.00 bits per heavy atom. The molecule has 0 aromatic carbocycles. The number of ether oxygens (including phenoxy) is 2. The van der Waals surface area contributed by atoms with Crippen molar-refractivity contribution in [1.82, 2.24) is 4.90 Å². The van der Waals surface area contributed by atoms with Gasteiger partial charge in [0.05, 0.1) is 25.2 Å². The van der Waals surface area contributed by atoms with Crippen molar-refractivity contribution in [2.45, 2.75) is 51.4 Å². The monoisotopic (exact) mass is 293 g/mol. The maximum Gasteiger partial charge on any atom is 0.312 e. The number of carbonyl (C=O) groups is 2. The van der Waals surface area contributed by atoms with Gasteiger partial charge in [0.25, 0.3) is 0 Å². The molecular formula is C16H23NO4. The second kappa shape index (κ2) is 5.13. The van der Waals surface area contributed by atoms with Gasteiger partial charge in [0.1, 0.15) is 11.5 Å². The molecule has 0 aliphatic carbocycles. The quantitative estimate of drug-likeness (QED) is 0.569. The molecule has 3 aliphatic heterocycles. The van der Waals surface area contributed by atoms with Crippen molar-refractivity contribution >= 4 is 11.9 Å². The van der Waals surface area contributed by atoms with Crippen molar-refractivity contribution in [3.63, 3.8) is 0 Å². The fourth-order valence-electron chi connectivity index (χ4n) is 3.69. The highest BCUT2D eigenvalue weighted by atomic mass is 16.6. The van der Waals surface area contributed by atoms with Gasteiger partial charge in [0, 0.05) is 6.04 Å². The van der Waals surface area contributed by atoms with Gasteiger partial charge in [-0.05, 0) is 19.8 Å². The molecular weight excluding hydrogens is 270 g/mol. The summed E-state index contributed by atoms with van der Waals surface area (Å²) in [4.78, 5) is 26.9. The molecule has 5 atom stereocenters. The van der Waals surface area contributed by atoms with E-state index < -0.39 is 17.4 Å². The van der Waals surface area contributed by atoms with E-state index in [1.807, 2.05) is 30.9 Å². The number of carbonyl (C=O) groups excluding carboxylic acids is 2. The summed E-state index contributed by atoms with van der Waals surface area (Å²) in [5, 5.41) is 0. The molecule has 3 rings (SSSR count). The molecule has 2 bridgehead atoms. The minimum Gasteiger partial charge on any atom is -0.465 e. The van der Waals surface area contributed by atoms with Crippen LogP contribution in [-0.4, -0.2) is 47.7 Å². The van der Waals surface area contributed by atoms with Crippen LogP contribution in [0.4, 0.5) is 0 Å². The summed E-state index contributed by atoms with van der Waals surface area (Å²) >= 11 is 0. The van der Waals surface area contributed by atoms with Gasteiger partial charge in [-0.3, -0.25) is 9.59 Å². The Kier molecular flexibility index (Phi) is 3.56. The molecule has 0 saturated carbocycles. The topological polar surface area (TPSA) is 55.8 Å². The zero-order valence-electron chi connectivity index (χ0n) is 12.9. The number of nitrogens with zero attached hydrogens (tertiary/aromatic N) is 1. The first-order valence-electron chi connectivity index (χ1n) is 7.88. The summed E-state index contributed by atoms with van der Waals surface area (Å²) in [5.74, 6) is -1.15. The van der Waals surface area contributed by atoms with Crippen LogP contribution in [0.15, 0.2) is 12.2 Å². The Morgan fingerprint density at radius 2 is 2.33 bits per heavy atom. The van der Waals surface area contributed by atoms with Gasteiger partial charge in [-0.25, -0.2) is 0 Å². The minimum atomic E-state index is -0.610. The van der Waals surface area contributed by atoms with Gasteiger partial charge in [-0.2, -0.15) is 0 Å². The van der Waals surface area contributed by atoms with E-state index in [1.54, 1.807) is 0 Å². The van der Waals surface area contributed by atoms with Crippen molar-refractivity contribution in [2.75, 3.05) is 13.2 Å². The highest BCUT2D eigenvalue weighted by Crippen LogP contribution is 2.52. The molecule has 5 heteroatoms. The molecule has 1 spiro atoms. The molecule has 0 aromatic heterocycles. The van der Waals surface area contributed by atoms with E-state index >= 15 is 0 Å². The van der Waals surface area contributed by atoms with Crippen molar-refractivity contribution < 1.29 is 19.1 Å². The van der Waals surface area contributed by atoms with Crippen LogP contribution < -0.4 is 0 Å². The average molecular weight is 293 g/mol. The average Bonchev–Trinajstić information content (AvgIpc) is 3.12. The SMILES string of the molecule is CCCOC(=O)C1[C@H]2C(=O)N(C(C)CC)C[C@]23C=C[C@H]1O3. The zero-order valence-corrected chi connectivity index (χ0v) is 12.9. The number of esters is 1. The smallest absolute Gasteiger partial charge is 0.312 e. The molecule has 116 valence electrons. The van der Waals surface area contributed by atoms with Crippen LogP contribution in [0.2, 0.25) is 0 Å². The molecule has 0 radical (unpaired) electrons. The summed E-state index contributed by atoms with van der Waals surface area (Å²) in [6, 6.07) is 0.167. The largest absolute Gasteiger partial charge is 0.465 e. The van der Waals surface area contributed by atoms with Crippen LogP contribution in [-0.2, 0) is 19.1 Å². The second-order valence-corrected chi connectivity index (χ2v) is 6.29. The Balaban J connectivity index is 1.85. The molecule has 3 heterocycles. The van der Waals surface area contributed by atoms with Crippen LogP contribution >= 0.6 is 0 Å². The van der Waals surface area contributed by atoms with E-state index in [4.69, 9.17) is 9.47 Å². The van der Waals surface area contributed by atoms with Crippen molar-refractivity contribution in [2.24, 2.45) is 11.8 Å². The van der Waals surface area contributed by atoms with Gasteiger partial charge < -0.3 is 14.4 Å². The standard InChI is InChI=1S/C16H23NO4/c1-4-8-20-15(19)12-11-6-7-16(21-11)9-17(10(3)5-2)14(18)13(12)16/h6-7,10-13H,4-5,8-9H2,1-3H3/t10?,11-,12?,13+,16-/m1/s1. The van der Waals surface area contributed by atoms with Crippen molar-refractivity contribution in [3.8, 4) is 0 Å². The lowest BCUT2D eigenvalue weighted by Crippen LogP contribution is -2.41. The lowest BCUT2D eigenvalue weighted by molar-refractivity contribution is -0.154. The fourth-order valence-corrected chi connectivity index (χ4v) is 3.69. The van der Waals surface area contributed by atoms with E-state index in [2.05, 4.69) is 6.92 Å². The maximum atomic E-state index is 12.8. The Hall–Kier alpha value is -1.36. The fraction of sp³-hybridized carbons (Fsp3) is 0.750. The van der Waals surface area contributed by atoms with Gasteiger partial charge >= 0.3 is 5.97 Å². The lowest BCUT2D eigenvalue weighted by Gasteiger charge is -2.26. The van der Waals surface area contributed by atoms with Gasteiger partial charge in [0.2, 0.25) is 5.91 Å². The third kappa shape index (κ3) is 2.01. The minimum absolute atomic E-state index is 0.0367. The Labute approximate surface area is 125 Å². The maximum absolute atomic E-state index is 12.8. The first-order chi connectivity index (χ1) is 10.0. The number of fused-ring (bicyclic) bond motifs is 1. The molecule has 0 N–H and O–H groups in total. The van der Waals surface area contributed by atoms with Crippen LogP contribution in [0.1, 0.15) is 33.6 Å². The van der Waals surface area contributed by atoms with Gasteiger partial charge in [0.15, 0.2) is 0 Å². The number of hydrogen-bond acceptors (Lipinski definition) is 4. The van der Waals surface area contributed by atoms with Crippen LogP contribution in [0.3, 0.4) is 0 Å². The van der Waals surface area contributed by atoms with Crippen LogP contribution in [0, 0.1) is 11.8 Å². The van der Waals surface area contributed by atoms with E-state index in [1.165, 1.54) is 0 Å². The molecule has 21 heavy (non-hydrogen) atoms. The molecule has 0 aromatic rings. The lowest BCUT2D eigenvalue weighted by atomic mass is 9.77. The van der Waals surface area contributed by atoms with Crippen LogP contribution in [0.5, 0.6) is 0 Å². The predicted octanol–water partition coefficient (Wildman–Crippen LogP) is 1.52. The third-order valence-electron chi connectivity index (χ3n) is 4.97. The Morgan fingerprint density at radius 1 is 1.57 bits per heavy atom. The van der Waals surface area contributed by atoms with E-state index in [9.17, 15) is 9.59 Å². The summed E-state index contributed by atoms with van der Waals surface area (Å²) in [6.07, 6.45) is 5.27. The summed E-state index contributed by atoms with van der Waals surface area (Å²) < 4.78 is 11.3. The van der Waals surface area contributed by atoms with Gasteiger partial charge in [-0.1, -0.05) is 26.0 Å². The van der Waals surface area contributed by atoms with Gasteiger partial charge in [-0.15, -0.1) is 0 Å². The highest BCUT2D eigenvalue weighted by molar-refractivity contribution is 5.91. The number of rotatable bonds is 5. The van der Waals surface area contributed by atoms with E-state index in [0.29, 0.717) is 13.2 Å². The Bertz CT molecular complexity index is 489. The molecule has 1 amide bonds. The molecule has 5 nitrogen and oxygen atoms in total. The van der Waals surface area contributed by atoms with Crippen LogP contribution in [0.25, 0.3) is 0 Å². The molecule has 2 unspecified atom stereocenters. The molecule has 2 fully saturated rings. The number of amides is 1. The summed E-state index contributed by atoms with van der Waals surface area (Å²) in [6.45, 7) is 7.00. The first-order valence-corrected chi connectivity index (χ1v) is 7.88. The third-order valence-corrected chi connectivity index (χ3v) is 4.97. The summed E-state index contributed by atoms with van der Waals surface area (Å²) in [7, 11) is 0. The number of hydrogen-bond donors (Lipinski definition) is 0. The summed E-state index contributed by atoms with van der Waals surface area (Å²) in [5.41, 5.74) is -0.610. The highest BCUT2D eigenvalue weighted by Gasteiger charge is 2.67. The zero-order chi connectivity index (χ0) is 15.2. The van der Waals surface area contributed by atoms with Crippen molar-refractivity contribution in [3.05, 3.63) is 12.2 Å².